The number of benzene rings is 2. The van der Waals surface area contributed by atoms with Gasteiger partial charge in [0.25, 0.3) is 11.8 Å². The molecule has 1 fully saturated rings. The largest absolute Gasteiger partial charge is 0.336 e. The van der Waals surface area contributed by atoms with E-state index in [1.54, 1.807) is 0 Å². The van der Waals surface area contributed by atoms with Crippen LogP contribution >= 0.6 is 0 Å². The molecule has 2 heterocycles. The quantitative estimate of drug-likeness (QED) is 0.700. The minimum atomic E-state index is 0.117. The molecule has 1 amide bonds. The summed E-state index contributed by atoms with van der Waals surface area (Å²) in [5.74, 6) is 1.36. The van der Waals surface area contributed by atoms with E-state index in [0.29, 0.717) is 18.1 Å². The van der Waals surface area contributed by atoms with Gasteiger partial charge in [-0.15, -0.1) is 0 Å². The number of likely N-dealkylation sites (tertiary alicyclic amines) is 1. The Bertz CT molecular complexity index is 861. The Morgan fingerprint density at radius 3 is 2.58 bits per heavy atom. The third-order valence-corrected chi connectivity index (χ3v) is 4.85. The molecule has 3 aromatic rings. The van der Waals surface area contributed by atoms with Crippen LogP contribution in [0.4, 0.5) is 0 Å². The SMILES string of the molecule is O=C(c1ccccc1)N1CCCC1CCc1noc(-c2ccccc2)n1. The van der Waals surface area contributed by atoms with Crippen molar-refractivity contribution in [2.24, 2.45) is 0 Å². The van der Waals surface area contributed by atoms with E-state index in [1.807, 2.05) is 65.6 Å². The second-order valence-corrected chi connectivity index (χ2v) is 6.58. The Balaban J connectivity index is 1.40. The summed E-state index contributed by atoms with van der Waals surface area (Å²) in [6, 6.07) is 19.5. The smallest absolute Gasteiger partial charge is 0.257 e. The van der Waals surface area contributed by atoms with Gasteiger partial charge in [-0.3, -0.25) is 4.79 Å². The summed E-state index contributed by atoms with van der Waals surface area (Å²) in [5.41, 5.74) is 1.68. The number of rotatable bonds is 5. The summed E-state index contributed by atoms with van der Waals surface area (Å²) in [7, 11) is 0. The Morgan fingerprint density at radius 1 is 1.08 bits per heavy atom. The molecule has 0 aliphatic carbocycles. The van der Waals surface area contributed by atoms with Gasteiger partial charge in [0.1, 0.15) is 0 Å². The highest BCUT2D eigenvalue weighted by atomic mass is 16.5. The van der Waals surface area contributed by atoms with Crippen molar-refractivity contribution in [1.82, 2.24) is 15.0 Å². The fourth-order valence-corrected chi connectivity index (χ4v) is 3.50. The number of hydrogen-bond donors (Lipinski definition) is 0. The van der Waals surface area contributed by atoms with Crippen LogP contribution in [0.5, 0.6) is 0 Å². The third-order valence-electron chi connectivity index (χ3n) is 4.85. The van der Waals surface area contributed by atoms with Crippen LogP contribution < -0.4 is 0 Å². The summed E-state index contributed by atoms with van der Waals surface area (Å²) in [6.45, 7) is 0.819. The Kier molecular flexibility index (Phi) is 4.78. The number of hydrogen-bond acceptors (Lipinski definition) is 4. The van der Waals surface area contributed by atoms with Gasteiger partial charge in [0.05, 0.1) is 0 Å². The number of carbonyl (C=O) groups is 1. The average Bonchev–Trinajstić information content (AvgIpc) is 3.36. The molecule has 1 aromatic heterocycles. The second-order valence-electron chi connectivity index (χ2n) is 6.58. The summed E-state index contributed by atoms with van der Waals surface area (Å²) < 4.78 is 5.37. The van der Waals surface area contributed by atoms with E-state index in [2.05, 4.69) is 10.1 Å². The molecular weight excluding hydrogens is 326 g/mol. The minimum absolute atomic E-state index is 0.117. The van der Waals surface area contributed by atoms with Crippen molar-refractivity contribution in [3.63, 3.8) is 0 Å². The van der Waals surface area contributed by atoms with Crippen molar-refractivity contribution in [2.45, 2.75) is 31.7 Å². The molecule has 0 N–H and O–H groups in total. The van der Waals surface area contributed by atoms with E-state index in [9.17, 15) is 4.79 Å². The van der Waals surface area contributed by atoms with E-state index in [4.69, 9.17) is 4.52 Å². The Morgan fingerprint density at radius 2 is 1.81 bits per heavy atom. The highest BCUT2D eigenvalue weighted by Crippen LogP contribution is 2.24. The zero-order valence-electron chi connectivity index (χ0n) is 14.5. The molecule has 132 valence electrons. The van der Waals surface area contributed by atoms with E-state index in [0.717, 1.165) is 36.9 Å². The molecule has 1 atom stereocenters. The van der Waals surface area contributed by atoms with Gasteiger partial charge in [-0.05, 0) is 43.5 Å². The van der Waals surface area contributed by atoms with Crippen LogP contribution in [0.1, 0.15) is 35.4 Å². The lowest BCUT2D eigenvalue weighted by Gasteiger charge is -2.24. The fourth-order valence-electron chi connectivity index (χ4n) is 3.50. The molecule has 2 aromatic carbocycles. The predicted molar refractivity (Wildman–Crippen MR) is 98.6 cm³/mol. The first kappa shape index (κ1) is 16.5. The third kappa shape index (κ3) is 3.52. The maximum Gasteiger partial charge on any atom is 0.257 e. The molecule has 0 bridgehead atoms. The van der Waals surface area contributed by atoms with Crippen LogP contribution in [0.25, 0.3) is 11.5 Å². The molecule has 0 radical (unpaired) electrons. The summed E-state index contributed by atoms with van der Waals surface area (Å²) in [5, 5.41) is 4.09. The van der Waals surface area contributed by atoms with Crippen LogP contribution in [0, 0.1) is 0 Å². The molecule has 4 rings (SSSR count). The van der Waals surface area contributed by atoms with Crippen molar-refractivity contribution in [1.29, 1.82) is 0 Å². The van der Waals surface area contributed by atoms with Crippen LogP contribution in [-0.2, 0) is 6.42 Å². The van der Waals surface area contributed by atoms with Gasteiger partial charge in [0.2, 0.25) is 0 Å². The van der Waals surface area contributed by atoms with Crippen molar-refractivity contribution in [3.8, 4) is 11.5 Å². The Labute approximate surface area is 152 Å². The number of aromatic nitrogens is 2. The van der Waals surface area contributed by atoms with Gasteiger partial charge in [0.15, 0.2) is 5.82 Å². The molecule has 5 heteroatoms. The van der Waals surface area contributed by atoms with Gasteiger partial charge in [0, 0.05) is 30.1 Å². The molecule has 0 saturated carbocycles. The number of aryl methyl sites for hydroxylation is 1. The standard InChI is InChI=1S/C21H21N3O2/c25-21(17-10-5-2-6-11-17)24-15-7-12-18(24)13-14-19-22-20(26-23-19)16-8-3-1-4-9-16/h1-6,8-11,18H,7,12-15H2. The van der Waals surface area contributed by atoms with Gasteiger partial charge >= 0.3 is 0 Å². The van der Waals surface area contributed by atoms with E-state index in [-0.39, 0.29) is 11.9 Å². The second kappa shape index (κ2) is 7.52. The van der Waals surface area contributed by atoms with Gasteiger partial charge in [-0.25, -0.2) is 0 Å². The normalized spacial score (nSPS) is 16.8. The zero-order chi connectivity index (χ0) is 17.8. The first-order valence-corrected chi connectivity index (χ1v) is 9.05. The van der Waals surface area contributed by atoms with E-state index in [1.165, 1.54) is 0 Å². The van der Waals surface area contributed by atoms with Crippen molar-refractivity contribution in [3.05, 3.63) is 72.1 Å². The van der Waals surface area contributed by atoms with Crippen molar-refractivity contribution >= 4 is 5.91 Å². The maximum absolute atomic E-state index is 12.7. The van der Waals surface area contributed by atoms with E-state index < -0.39 is 0 Å². The molecule has 1 unspecified atom stereocenters. The first-order chi connectivity index (χ1) is 12.8. The fraction of sp³-hybridized carbons (Fsp3) is 0.286. The monoisotopic (exact) mass is 347 g/mol. The zero-order valence-corrected chi connectivity index (χ0v) is 14.5. The lowest BCUT2D eigenvalue weighted by Crippen LogP contribution is -2.35. The molecule has 1 aliphatic rings. The molecule has 0 spiro atoms. The topological polar surface area (TPSA) is 59.2 Å². The lowest BCUT2D eigenvalue weighted by molar-refractivity contribution is 0.0730. The van der Waals surface area contributed by atoms with Gasteiger partial charge < -0.3 is 9.42 Å². The summed E-state index contributed by atoms with van der Waals surface area (Å²) >= 11 is 0. The molecule has 1 saturated heterocycles. The number of amides is 1. The molecule has 26 heavy (non-hydrogen) atoms. The predicted octanol–water partition coefficient (Wildman–Crippen LogP) is 3.97. The Hall–Kier alpha value is -2.95. The minimum Gasteiger partial charge on any atom is -0.336 e. The summed E-state index contributed by atoms with van der Waals surface area (Å²) in [4.78, 5) is 19.2. The van der Waals surface area contributed by atoms with Crippen LogP contribution in [-0.4, -0.2) is 33.5 Å². The molecule has 1 aliphatic heterocycles. The van der Waals surface area contributed by atoms with Gasteiger partial charge in [-0.2, -0.15) is 4.98 Å². The van der Waals surface area contributed by atoms with Crippen LogP contribution in [0.3, 0.4) is 0 Å². The van der Waals surface area contributed by atoms with Crippen LogP contribution in [0.2, 0.25) is 0 Å². The highest BCUT2D eigenvalue weighted by Gasteiger charge is 2.29. The van der Waals surface area contributed by atoms with Crippen molar-refractivity contribution < 1.29 is 9.32 Å². The number of carbonyl (C=O) groups excluding carboxylic acids is 1. The lowest BCUT2D eigenvalue weighted by atomic mass is 10.1. The first-order valence-electron chi connectivity index (χ1n) is 9.05. The van der Waals surface area contributed by atoms with Crippen LogP contribution in [0.15, 0.2) is 65.2 Å². The maximum atomic E-state index is 12.7. The van der Waals surface area contributed by atoms with Crippen molar-refractivity contribution in [2.75, 3.05) is 6.54 Å². The average molecular weight is 347 g/mol. The van der Waals surface area contributed by atoms with Gasteiger partial charge in [-0.1, -0.05) is 41.6 Å². The molecule has 5 nitrogen and oxygen atoms in total. The number of nitrogens with zero attached hydrogens (tertiary/aromatic N) is 3. The molecular formula is C21H21N3O2. The van der Waals surface area contributed by atoms with E-state index >= 15 is 0 Å². The highest BCUT2D eigenvalue weighted by molar-refractivity contribution is 5.94. The summed E-state index contributed by atoms with van der Waals surface area (Å²) in [6.07, 6.45) is 3.64.